The number of nitrogens with zero attached hydrogens (tertiary/aromatic N) is 1. The van der Waals surface area contributed by atoms with E-state index in [4.69, 9.17) is 18.9 Å². The molecule has 0 radical (unpaired) electrons. The van der Waals surface area contributed by atoms with Crippen LogP contribution in [-0.2, 0) is 9.53 Å². The van der Waals surface area contributed by atoms with Crippen molar-refractivity contribution in [3.05, 3.63) is 59.3 Å². The third-order valence-corrected chi connectivity index (χ3v) is 3.73. The zero-order chi connectivity index (χ0) is 18.5. The number of cyclic esters (lactones) is 1. The third kappa shape index (κ3) is 3.69. The third-order valence-electron chi connectivity index (χ3n) is 3.73. The van der Waals surface area contributed by atoms with Crippen molar-refractivity contribution >= 4 is 17.9 Å². The van der Waals surface area contributed by atoms with Gasteiger partial charge in [-0.25, -0.2) is 9.79 Å². The van der Waals surface area contributed by atoms with Crippen molar-refractivity contribution in [3.8, 4) is 17.2 Å². The van der Waals surface area contributed by atoms with Gasteiger partial charge in [0.05, 0.1) is 20.8 Å². The molecule has 0 bridgehead atoms. The summed E-state index contributed by atoms with van der Waals surface area (Å²) in [5, 5.41) is 0. The smallest absolute Gasteiger partial charge is 0.363 e. The molecule has 0 aromatic heterocycles. The maximum absolute atomic E-state index is 12.1. The van der Waals surface area contributed by atoms with E-state index < -0.39 is 5.97 Å². The number of aliphatic imine (C=N–C) groups is 1. The quantitative estimate of drug-likeness (QED) is 0.588. The molecular weight excluding hydrogens is 334 g/mol. The van der Waals surface area contributed by atoms with Gasteiger partial charge in [0.15, 0.2) is 17.2 Å². The second-order valence-electron chi connectivity index (χ2n) is 5.41. The standard InChI is InChI=1S/C20H19NO5/c1-4-25-17-9-8-13(11-18(17)24-3)10-16-20(22)26-19(21-16)14-6-5-7-15(12-14)23-2/h5-12H,4H2,1-3H3/b16-10-. The molecule has 0 atom stereocenters. The Morgan fingerprint density at radius 3 is 2.65 bits per heavy atom. The first kappa shape index (κ1) is 17.5. The van der Waals surface area contributed by atoms with Crippen molar-refractivity contribution < 1.29 is 23.7 Å². The summed E-state index contributed by atoms with van der Waals surface area (Å²) in [5.74, 6) is 1.64. The molecule has 0 saturated heterocycles. The largest absolute Gasteiger partial charge is 0.497 e. The zero-order valence-corrected chi connectivity index (χ0v) is 14.8. The summed E-state index contributed by atoms with van der Waals surface area (Å²) in [6.07, 6.45) is 1.65. The van der Waals surface area contributed by atoms with Crippen LogP contribution in [0.15, 0.2) is 53.2 Å². The van der Waals surface area contributed by atoms with Gasteiger partial charge in [0.25, 0.3) is 0 Å². The minimum absolute atomic E-state index is 0.217. The minimum Gasteiger partial charge on any atom is -0.497 e. The van der Waals surface area contributed by atoms with Crippen LogP contribution in [0.5, 0.6) is 17.2 Å². The van der Waals surface area contributed by atoms with Crippen LogP contribution in [0.25, 0.3) is 6.08 Å². The molecule has 0 amide bonds. The lowest BCUT2D eigenvalue weighted by Crippen LogP contribution is -2.05. The Hall–Kier alpha value is -3.28. The van der Waals surface area contributed by atoms with Crippen molar-refractivity contribution in [2.45, 2.75) is 6.92 Å². The van der Waals surface area contributed by atoms with Crippen LogP contribution in [0.2, 0.25) is 0 Å². The number of carbonyl (C=O) groups is 1. The van der Waals surface area contributed by atoms with Crippen LogP contribution in [0, 0.1) is 0 Å². The van der Waals surface area contributed by atoms with E-state index in [0.29, 0.717) is 29.4 Å². The second kappa shape index (κ2) is 7.74. The normalized spacial score (nSPS) is 14.8. The van der Waals surface area contributed by atoms with E-state index in [9.17, 15) is 4.79 Å². The molecule has 0 spiro atoms. The van der Waals surface area contributed by atoms with Gasteiger partial charge in [0.2, 0.25) is 5.90 Å². The molecule has 2 aromatic rings. The van der Waals surface area contributed by atoms with Crippen molar-refractivity contribution in [2.24, 2.45) is 4.99 Å². The Labute approximate surface area is 151 Å². The molecule has 0 N–H and O–H groups in total. The Kier molecular flexibility index (Phi) is 5.22. The fourth-order valence-corrected chi connectivity index (χ4v) is 2.50. The number of hydrogen-bond donors (Lipinski definition) is 0. The molecule has 6 heteroatoms. The predicted octanol–water partition coefficient (Wildman–Crippen LogP) is 3.45. The first-order chi connectivity index (χ1) is 12.6. The molecule has 3 rings (SSSR count). The maximum Gasteiger partial charge on any atom is 0.363 e. The highest BCUT2D eigenvalue weighted by Gasteiger charge is 2.24. The van der Waals surface area contributed by atoms with Crippen LogP contribution in [-0.4, -0.2) is 32.7 Å². The second-order valence-corrected chi connectivity index (χ2v) is 5.41. The first-order valence-corrected chi connectivity index (χ1v) is 8.12. The molecule has 1 heterocycles. The number of esters is 1. The Morgan fingerprint density at radius 2 is 1.92 bits per heavy atom. The van der Waals surface area contributed by atoms with E-state index in [2.05, 4.69) is 4.99 Å². The van der Waals surface area contributed by atoms with E-state index in [0.717, 1.165) is 5.56 Å². The van der Waals surface area contributed by atoms with Crippen molar-refractivity contribution in [2.75, 3.05) is 20.8 Å². The molecule has 1 aliphatic heterocycles. The molecule has 0 fully saturated rings. The van der Waals surface area contributed by atoms with Gasteiger partial charge in [0.1, 0.15) is 5.75 Å². The van der Waals surface area contributed by atoms with Crippen LogP contribution < -0.4 is 14.2 Å². The number of ether oxygens (including phenoxy) is 4. The van der Waals surface area contributed by atoms with Crippen LogP contribution >= 0.6 is 0 Å². The molecule has 134 valence electrons. The van der Waals surface area contributed by atoms with E-state index in [1.54, 1.807) is 44.6 Å². The molecular formula is C20H19NO5. The average molecular weight is 353 g/mol. The maximum atomic E-state index is 12.1. The summed E-state index contributed by atoms with van der Waals surface area (Å²) in [6, 6.07) is 12.6. The SMILES string of the molecule is CCOc1ccc(/C=C2\N=C(c3cccc(OC)c3)OC2=O)cc1OC. The lowest BCUT2D eigenvalue weighted by atomic mass is 10.1. The van der Waals surface area contributed by atoms with Crippen molar-refractivity contribution in [1.29, 1.82) is 0 Å². The molecule has 1 aliphatic rings. The Bertz CT molecular complexity index is 886. The van der Waals surface area contributed by atoms with Crippen molar-refractivity contribution in [1.82, 2.24) is 0 Å². The van der Waals surface area contributed by atoms with Gasteiger partial charge in [0, 0.05) is 5.56 Å². The summed E-state index contributed by atoms with van der Waals surface area (Å²) < 4.78 is 21.3. The van der Waals surface area contributed by atoms with Gasteiger partial charge < -0.3 is 18.9 Å². The Morgan fingerprint density at radius 1 is 1.08 bits per heavy atom. The topological polar surface area (TPSA) is 66.3 Å². The van der Waals surface area contributed by atoms with E-state index >= 15 is 0 Å². The number of carbonyl (C=O) groups excluding carboxylic acids is 1. The van der Waals surface area contributed by atoms with Gasteiger partial charge in [-0.2, -0.15) is 0 Å². The van der Waals surface area contributed by atoms with Gasteiger partial charge in [-0.15, -0.1) is 0 Å². The number of hydrogen-bond acceptors (Lipinski definition) is 6. The van der Waals surface area contributed by atoms with E-state index in [1.807, 2.05) is 25.1 Å². The average Bonchev–Trinajstić information content (AvgIpc) is 3.03. The van der Waals surface area contributed by atoms with Crippen LogP contribution in [0.4, 0.5) is 0 Å². The van der Waals surface area contributed by atoms with Crippen LogP contribution in [0.1, 0.15) is 18.1 Å². The molecule has 2 aromatic carbocycles. The molecule has 26 heavy (non-hydrogen) atoms. The van der Waals surface area contributed by atoms with Gasteiger partial charge >= 0.3 is 5.97 Å². The number of benzene rings is 2. The lowest BCUT2D eigenvalue weighted by Gasteiger charge is -2.09. The van der Waals surface area contributed by atoms with Gasteiger partial charge in [-0.3, -0.25) is 0 Å². The fraction of sp³-hybridized carbons (Fsp3) is 0.200. The fourth-order valence-electron chi connectivity index (χ4n) is 2.50. The number of rotatable bonds is 6. The summed E-state index contributed by atoms with van der Waals surface area (Å²) in [5.41, 5.74) is 1.65. The zero-order valence-electron chi connectivity index (χ0n) is 14.8. The van der Waals surface area contributed by atoms with Crippen LogP contribution in [0.3, 0.4) is 0 Å². The Balaban J connectivity index is 1.91. The molecule has 6 nitrogen and oxygen atoms in total. The highest BCUT2D eigenvalue weighted by Crippen LogP contribution is 2.30. The summed E-state index contributed by atoms with van der Waals surface area (Å²) in [7, 11) is 3.14. The first-order valence-electron chi connectivity index (χ1n) is 8.12. The predicted molar refractivity (Wildman–Crippen MR) is 97.8 cm³/mol. The minimum atomic E-state index is -0.504. The summed E-state index contributed by atoms with van der Waals surface area (Å²) >= 11 is 0. The number of methoxy groups -OCH3 is 2. The van der Waals surface area contributed by atoms with E-state index in [1.165, 1.54) is 0 Å². The molecule has 0 unspecified atom stereocenters. The summed E-state index contributed by atoms with van der Waals surface area (Å²) in [6.45, 7) is 2.44. The highest BCUT2D eigenvalue weighted by atomic mass is 16.6. The lowest BCUT2D eigenvalue weighted by molar-refractivity contribution is -0.129. The monoisotopic (exact) mass is 353 g/mol. The molecule has 0 aliphatic carbocycles. The van der Waals surface area contributed by atoms with Gasteiger partial charge in [-0.1, -0.05) is 12.1 Å². The van der Waals surface area contributed by atoms with Gasteiger partial charge in [-0.05, 0) is 48.9 Å². The van der Waals surface area contributed by atoms with Crippen molar-refractivity contribution in [3.63, 3.8) is 0 Å². The molecule has 0 saturated carbocycles. The highest BCUT2D eigenvalue weighted by molar-refractivity contribution is 6.13. The summed E-state index contributed by atoms with van der Waals surface area (Å²) in [4.78, 5) is 16.5. The van der Waals surface area contributed by atoms with E-state index in [-0.39, 0.29) is 11.6 Å².